The van der Waals surface area contributed by atoms with Crippen LogP contribution in [0.2, 0.25) is 0 Å². The lowest BCUT2D eigenvalue weighted by Crippen LogP contribution is -2.36. The normalized spacial score (nSPS) is 11.6. The van der Waals surface area contributed by atoms with Crippen molar-refractivity contribution >= 4 is 19.2 Å². The van der Waals surface area contributed by atoms with E-state index in [-0.39, 0.29) is 48.7 Å². The number of benzene rings is 5. The highest BCUT2D eigenvalue weighted by Gasteiger charge is 2.40. The van der Waals surface area contributed by atoms with Crippen LogP contribution in [-0.2, 0) is 28.9 Å². The van der Waals surface area contributed by atoms with Gasteiger partial charge in [0.25, 0.3) is 5.79 Å². The van der Waals surface area contributed by atoms with Crippen LogP contribution in [0.4, 0.5) is 0 Å². The smallest absolute Gasteiger partial charge is 0.489 e. The van der Waals surface area contributed by atoms with Crippen LogP contribution in [-0.4, -0.2) is 10.7 Å². The summed E-state index contributed by atoms with van der Waals surface area (Å²) in [6.07, 6.45) is 0.519. The lowest BCUT2D eigenvalue weighted by Gasteiger charge is -2.27. The number of hydrogen-bond donors (Lipinski definition) is 1. The van der Waals surface area contributed by atoms with E-state index in [2.05, 4.69) is 0 Å². The Kier molecular flexibility index (Phi) is 11.4. The predicted molar refractivity (Wildman–Crippen MR) is 195 cm³/mol. The molecule has 1 atom stereocenters. The van der Waals surface area contributed by atoms with Gasteiger partial charge in [-0.05, 0) is 47.0 Å². The molecule has 6 rings (SSSR count). The minimum atomic E-state index is -2.99. The van der Waals surface area contributed by atoms with E-state index in [0.717, 1.165) is 16.7 Å². The van der Waals surface area contributed by atoms with Gasteiger partial charge in [-0.3, -0.25) is 4.79 Å². The summed E-state index contributed by atoms with van der Waals surface area (Å²) in [6, 6.07) is 39.1. The van der Waals surface area contributed by atoms with E-state index in [1.165, 1.54) is 0 Å². The quantitative estimate of drug-likeness (QED) is 0.0777. The van der Waals surface area contributed by atoms with Crippen molar-refractivity contribution in [2.45, 2.75) is 52.3 Å². The molecule has 0 aliphatic heterocycles. The van der Waals surface area contributed by atoms with Crippen LogP contribution in [0, 0.1) is 0 Å². The maximum atomic E-state index is 14.1. The fourth-order valence-electron chi connectivity index (χ4n) is 5.51. The first-order chi connectivity index (χ1) is 24.9. The van der Waals surface area contributed by atoms with E-state index in [9.17, 15) is 14.3 Å². The van der Waals surface area contributed by atoms with Gasteiger partial charge in [0.2, 0.25) is 11.2 Å². The molecule has 1 heterocycles. The summed E-state index contributed by atoms with van der Waals surface area (Å²) in [7, 11) is -2.99. The second-order valence-corrected chi connectivity index (χ2v) is 12.4. The molecule has 51 heavy (non-hydrogen) atoms. The molecule has 0 spiro atoms. The summed E-state index contributed by atoms with van der Waals surface area (Å²) in [6.45, 7) is 4.29. The standard InChI is InChI=1S/C41H37O9P/c1-3-41(4-2,50-51(43)44)49-37-24-32(20-23-35(37)46-27-30-16-10-6-11-17-30)39-40(47-28-31-18-12-7-13-19-31)38(42)34-22-21-33(25-36(34)48-39)45-26-29-14-8-5-9-15-29/h5-25H,3-4,26-28H2,1-2H3/p+1. The Bertz CT molecular complexity index is 2130. The Balaban J connectivity index is 1.44. The average molecular weight is 706 g/mol. The van der Waals surface area contributed by atoms with Crippen molar-refractivity contribution in [2.24, 2.45) is 0 Å². The van der Waals surface area contributed by atoms with Gasteiger partial charge in [0.15, 0.2) is 17.3 Å². The fraction of sp³-hybridized carbons (Fsp3) is 0.195. The zero-order valence-electron chi connectivity index (χ0n) is 28.3. The molecule has 10 heteroatoms. The van der Waals surface area contributed by atoms with Crippen molar-refractivity contribution in [3.63, 3.8) is 0 Å². The molecule has 0 aliphatic carbocycles. The highest BCUT2D eigenvalue weighted by molar-refractivity contribution is 7.32. The molecule has 1 aromatic heterocycles. The van der Waals surface area contributed by atoms with Crippen LogP contribution < -0.4 is 24.4 Å². The van der Waals surface area contributed by atoms with Gasteiger partial charge in [0, 0.05) is 29.0 Å². The summed E-state index contributed by atoms with van der Waals surface area (Å²) < 4.78 is 48.7. The third kappa shape index (κ3) is 8.83. The van der Waals surface area contributed by atoms with Crippen LogP contribution in [0.25, 0.3) is 22.3 Å². The third-order valence-electron chi connectivity index (χ3n) is 8.36. The van der Waals surface area contributed by atoms with Gasteiger partial charge in [-0.25, -0.2) is 0 Å². The first kappa shape index (κ1) is 35.4. The van der Waals surface area contributed by atoms with Crippen molar-refractivity contribution in [2.75, 3.05) is 0 Å². The van der Waals surface area contributed by atoms with Crippen molar-refractivity contribution in [1.29, 1.82) is 0 Å². The van der Waals surface area contributed by atoms with Gasteiger partial charge < -0.3 is 23.4 Å². The molecular weight excluding hydrogens is 667 g/mol. The molecule has 0 amide bonds. The summed E-state index contributed by atoms with van der Waals surface area (Å²) in [5.41, 5.74) is 3.19. The van der Waals surface area contributed by atoms with Gasteiger partial charge in [0.05, 0.1) is 5.39 Å². The zero-order valence-corrected chi connectivity index (χ0v) is 29.2. The van der Waals surface area contributed by atoms with Crippen LogP contribution >= 0.6 is 8.25 Å². The monoisotopic (exact) mass is 705 g/mol. The minimum absolute atomic E-state index is 0.0140. The summed E-state index contributed by atoms with van der Waals surface area (Å²) >= 11 is 0. The van der Waals surface area contributed by atoms with Crippen molar-refractivity contribution < 1.29 is 37.3 Å². The summed E-state index contributed by atoms with van der Waals surface area (Å²) in [4.78, 5) is 23.9. The SMILES string of the molecule is CCC(CC)(Oc1cc(-c2oc3cc(OCc4ccccc4)ccc3c(=O)c2OCc2ccccc2)ccc1OCc1ccccc1)O[P+](=O)O. The third-order valence-corrected chi connectivity index (χ3v) is 8.85. The number of fused-ring (bicyclic) bond motifs is 1. The minimum Gasteiger partial charge on any atom is -0.489 e. The molecule has 9 nitrogen and oxygen atoms in total. The molecule has 0 aliphatic rings. The molecule has 0 fully saturated rings. The largest absolute Gasteiger partial charge is 0.698 e. The van der Waals surface area contributed by atoms with E-state index >= 15 is 0 Å². The van der Waals surface area contributed by atoms with E-state index in [1.807, 2.05) is 91.0 Å². The van der Waals surface area contributed by atoms with Crippen molar-refractivity contribution in [3.8, 4) is 34.3 Å². The average Bonchev–Trinajstić information content (AvgIpc) is 3.16. The molecule has 0 radical (unpaired) electrons. The second kappa shape index (κ2) is 16.5. The fourth-order valence-corrected chi connectivity index (χ4v) is 6.09. The Morgan fingerprint density at radius 3 is 1.80 bits per heavy atom. The van der Waals surface area contributed by atoms with E-state index in [4.69, 9.17) is 27.9 Å². The van der Waals surface area contributed by atoms with Gasteiger partial charge in [-0.1, -0.05) is 109 Å². The maximum Gasteiger partial charge on any atom is 0.698 e. The van der Waals surface area contributed by atoms with Gasteiger partial charge >= 0.3 is 8.25 Å². The molecular formula is C41H38O9P+. The topological polar surface area (TPSA) is 114 Å². The maximum absolute atomic E-state index is 14.1. The first-order valence-corrected chi connectivity index (χ1v) is 17.8. The number of hydrogen-bond acceptors (Lipinski definition) is 8. The molecule has 6 aromatic rings. The van der Waals surface area contributed by atoms with Crippen LogP contribution in [0.3, 0.4) is 0 Å². The molecule has 260 valence electrons. The van der Waals surface area contributed by atoms with Gasteiger partial charge in [-0.2, -0.15) is 0 Å². The summed E-state index contributed by atoms with van der Waals surface area (Å²) in [5, 5.41) is 0.323. The van der Waals surface area contributed by atoms with E-state index in [1.54, 1.807) is 50.2 Å². The number of ether oxygens (including phenoxy) is 4. The van der Waals surface area contributed by atoms with Crippen LogP contribution in [0.5, 0.6) is 23.0 Å². The van der Waals surface area contributed by atoms with Gasteiger partial charge in [0.1, 0.15) is 31.2 Å². The van der Waals surface area contributed by atoms with Gasteiger partial charge in [-0.15, -0.1) is 4.89 Å². The Morgan fingerprint density at radius 1 is 0.667 bits per heavy atom. The first-order valence-electron chi connectivity index (χ1n) is 16.7. The zero-order chi connectivity index (χ0) is 35.6. The molecule has 1 unspecified atom stereocenters. The van der Waals surface area contributed by atoms with E-state index < -0.39 is 14.0 Å². The number of rotatable bonds is 16. The lowest BCUT2D eigenvalue weighted by atomic mass is 10.1. The van der Waals surface area contributed by atoms with Crippen molar-refractivity contribution in [3.05, 3.63) is 154 Å². The van der Waals surface area contributed by atoms with E-state index in [0.29, 0.717) is 34.6 Å². The van der Waals surface area contributed by atoms with Crippen LogP contribution in [0.15, 0.2) is 137 Å². The molecule has 5 aromatic carbocycles. The molecule has 0 saturated carbocycles. The molecule has 1 N–H and O–H groups in total. The van der Waals surface area contributed by atoms with Crippen molar-refractivity contribution in [1.82, 2.24) is 0 Å². The Morgan fingerprint density at radius 2 is 1.24 bits per heavy atom. The summed E-state index contributed by atoms with van der Waals surface area (Å²) in [5.74, 6) is -0.153. The molecule has 0 saturated heterocycles. The lowest BCUT2D eigenvalue weighted by molar-refractivity contribution is -0.120. The Labute approximate surface area is 296 Å². The molecule has 0 bridgehead atoms. The highest BCUT2D eigenvalue weighted by atomic mass is 31.1. The predicted octanol–water partition coefficient (Wildman–Crippen LogP) is 9.76. The Hall–Kier alpha value is -5.47. The second-order valence-electron chi connectivity index (χ2n) is 11.8. The van der Waals surface area contributed by atoms with Crippen LogP contribution in [0.1, 0.15) is 43.4 Å². The highest BCUT2D eigenvalue weighted by Crippen LogP contribution is 2.42.